The van der Waals surface area contributed by atoms with E-state index < -0.39 is 5.72 Å². The van der Waals surface area contributed by atoms with Crippen molar-refractivity contribution in [3.05, 3.63) is 0 Å². The zero-order valence-corrected chi connectivity index (χ0v) is 8.21. The molecular weight excluding hydrogens is 152 g/mol. The quantitative estimate of drug-likeness (QED) is 0.414. The second kappa shape index (κ2) is 5.51. The van der Waals surface area contributed by atoms with Crippen molar-refractivity contribution < 1.29 is 5.11 Å². The van der Waals surface area contributed by atoms with Crippen molar-refractivity contribution in [2.24, 2.45) is 11.5 Å². The normalized spacial score (nSPS) is 18.8. The first-order chi connectivity index (χ1) is 5.54. The largest absolute Gasteiger partial charge is 0.374 e. The maximum atomic E-state index is 9.54. The average Bonchev–Trinajstić information content (AvgIpc) is 2.05. The molecule has 0 amide bonds. The fourth-order valence-corrected chi connectivity index (χ4v) is 1.13. The van der Waals surface area contributed by atoms with Gasteiger partial charge in [-0.05, 0) is 12.8 Å². The summed E-state index contributed by atoms with van der Waals surface area (Å²) in [5.41, 5.74) is 10.1. The maximum Gasteiger partial charge on any atom is 0.128 e. The first-order valence-electron chi connectivity index (χ1n) is 4.81. The highest BCUT2D eigenvalue weighted by Crippen LogP contribution is 2.12. The molecule has 74 valence electrons. The Morgan fingerprint density at radius 3 is 2.33 bits per heavy atom. The van der Waals surface area contributed by atoms with Crippen molar-refractivity contribution >= 4 is 0 Å². The van der Waals surface area contributed by atoms with Crippen LogP contribution in [0.15, 0.2) is 0 Å². The van der Waals surface area contributed by atoms with Gasteiger partial charge in [0.25, 0.3) is 0 Å². The smallest absolute Gasteiger partial charge is 0.128 e. The summed E-state index contributed by atoms with van der Waals surface area (Å²) in [6, 6.07) is -0.283. The minimum Gasteiger partial charge on any atom is -0.374 e. The number of hydrogen-bond donors (Lipinski definition) is 3. The van der Waals surface area contributed by atoms with E-state index in [0.717, 1.165) is 19.3 Å². The van der Waals surface area contributed by atoms with Gasteiger partial charge < -0.3 is 16.6 Å². The Bertz CT molecular complexity index is 115. The molecule has 0 aliphatic heterocycles. The molecule has 3 heteroatoms. The minimum atomic E-state index is -1.17. The fourth-order valence-electron chi connectivity index (χ4n) is 1.13. The van der Waals surface area contributed by atoms with E-state index in [4.69, 9.17) is 11.5 Å². The van der Waals surface area contributed by atoms with Crippen LogP contribution in [0.5, 0.6) is 0 Å². The summed E-state index contributed by atoms with van der Waals surface area (Å²) in [6.45, 7) is 3.99. The average molecular weight is 174 g/mol. The summed E-state index contributed by atoms with van der Waals surface area (Å²) in [7, 11) is 0. The van der Waals surface area contributed by atoms with Crippen molar-refractivity contribution in [2.75, 3.05) is 0 Å². The van der Waals surface area contributed by atoms with Crippen molar-refractivity contribution in [1.82, 2.24) is 0 Å². The standard InChI is InChI=1S/C9H22N2O/c1-3-5-6-7-8(10)9(11,12)4-2/h8,12H,3-7,10-11H2,1-2H3. The van der Waals surface area contributed by atoms with Gasteiger partial charge in [0, 0.05) is 6.04 Å². The molecule has 0 saturated carbocycles. The summed E-state index contributed by atoms with van der Waals surface area (Å²) in [6.07, 6.45) is 4.71. The Labute approximate surface area is 75.1 Å². The Morgan fingerprint density at radius 1 is 1.33 bits per heavy atom. The van der Waals surface area contributed by atoms with Gasteiger partial charge in [-0.15, -0.1) is 0 Å². The topological polar surface area (TPSA) is 72.3 Å². The molecular formula is C9H22N2O. The summed E-state index contributed by atoms with van der Waals surface area (Å²) in [4.78, 5) is 0. The van der Waals surface area contributed by atoms with E-state index in [2.05, 4.69) is 6.92 Å². The Morgan fingerprint density at radius 2 is 1.92 bits per heavy atom. The van der Waals surface area contributed by atoms with E-state index in [1.54, 1.807) is 0 Å². The molecule has 0 aromatic carbocycles. The number of rotatable bonds is 6. The van der Waals surface area contributed by atoms with Crippen LogP contribution < -0.4 is 11.5 Å². The third-order valence-electron chi connectivity index (χ3n) is 2.33. The van der Waals surface area contributed by atoms with Gasteiger partial charge in [0.1, 0.15) is 5.72 Å². The van der Waals surface area contributed by atoms with E-state index in [9.17, 15) is 5.11 Å². The Hall–Kier alpha value is -0.120. The van der Waals surface area contributed by atoms with E-state index >= 15 is 0 Å². The van der Waals surface area contributed by atoms with Gasteiger partial charge in [-0.2, -0.15) is 0 Å². The highest BCUT2D eigenvalue weighted by Gasteiger charge is 2.26. The second-order valence-electron chi connectivity index (χ2n) is 3.45. The third-order valence-corrected chi connectivity index (χ3v) is 2.33. The van der Waals surface area contributed by atoms with Crippen LogP contribution in [0.1, 0.15) is 46.0 Å². The molecule has 0 rings (SSSR count). The molecule has 0 heterocycles. The molecule has 12 heavy (non-hydrogen) atoms. The van der Waals surface area contributed by atoms with Crippen molar-refractivity contribution in [3.63, 3.8) is 0 Å². The first kappa shape index (κ1) is 11.9. The van der Waals surface area contributed by atoms with Gasteiger partial charge in [0.15, 0.2) is 0 Å². The van der Waals surface area contributed by atoms with Gasteiger partial charge in [0.05, 0.1) is 0 Å². The third kappa shape index (κ3) is 4.04. The summed E-state index contributed by atoms with van der Waals surface area (Å²) in [5.74, 6) is 0. The second-order valence-corrected chi connectivity index (χ2v) is 3.45. The number of hydrogen-bond acceptors (Lipinski definition) is 3. The van der Waals surface area contributed by atoms with E-state index in [1.807, 2.05) is 6.92 Å². The lowest BCUT2D eigenvalue weighted by Crippen LogP contribution is -2.54. The molecule has 2 unspecified atom stereocenters. The molecule has 0 aromatic heterocycles. The first-order valence-corrected chi connectivity index (χ1v) is 4.81. The Balaban J connectivity index is 3.63. The zero-order chi connectivity index (χ0) is 9.61. The predicted molar refractivity (Wildman–Crippen MR) is 51.5 cm³/mol. The van der Waals surface area contributed by atoms with Gasteiger partial charge in [0.2, 0.25) is 0 Å². The van der Waals surface area contributed by atoms with Crippen LogP contribution in [0, 0.1) is 0 Å². The predicted octanol–water partition coefficient (Wildman–Crippen LogP) is 0.951. The number of aliphatic hydroxyl groups is 1. The highest BCUT2D eigenvalue weighted by molar-refractivity contribution is 4.81. The van der Waals surface area contributed by atoms with Crippen LogP contribution in [-0.4, -0.2) is 16.9 Å². The molecule has 0 aliphatic rings. The molecule has 0 spiro atoms. The molecule has 0 aromatic rings. The lowest BCUT2D eigenvalue weighted by Gasteiger charge is -2.28. The van der Waals surface area contributed by atoms with Gasteiger partial charge in [-0.25, -0.2) is 0 Å². The van der Waals surface area contributed by atoms with Crippen molar-refractivity contribution in [3.8, 4) is 0 Å². The molecule has 0 fully saturated rings. The SMILES string of the molecule is CCCCCC(N)C(N)(O)CC. The van der Waals surface area contributed by atoms with Crippen LogP contribution in [0.2, 0.25) is 0 Å². The number of nitrogens with two attached hydrogens (primary N) is 2. The highest BCUT2D eigenvalue weighted by atomic mass is 16.3. The van der Waals surface area contributed by atoms with E-state index in [0.29, 0.717) is 6.42 Å². The van der Waals surface area contributed by atoms with E-state index in [-0.39, 0.29) is 6.04 Å². The summed E-state index contributed by atoms with van der Waals surface area (Å²) >= 11 is 0. The van der Waals surface area contributed by atoms with E-state index in [1.165, 1.54) is 6.42 Å². The zero-order valence-electron chi connectivity index (χ0n) is 8.21. The van der Waals surface area contributed by atoms with Crippen LogP contribution >= 0.6 is 0 Å². The molecule has 3 nitrogen and oxygen atoms in total. The van der Waals surface area contributed by atoms with Crippen molar-refractivity contribution in [2.45, 2.75) is 57.7 Å². The monoisotopic (exact) mass is 174 g/mol. The molecule has 5 N–H and O–H groups in total. The summed E-state index contributed by atoms with van der Waals surface area (Å²) in [5, 5.41) is 9.54. The molecule has 0 radical (unpaired) electrons. The van der Waals surface area contributed by atoms with Gasteiger partial charge >= 0.3 is 0 Å². The molecule has 0 aliphatic carbocycles. The molecule has 0 saturated heterocycles. The lowest BCUT2D eigenvalue weighted by molar-refractivity contribution is 0.0131. The molecule has 0 bridgehead atoms. The fraction of sp³-hybridized carbons (Fsp3) is 1.00. The van der Waals surface area contributed by atoms with Crippen LogP contribution in [0.4, 0.5) is 0 Å². The summed E-state index contributed by atoms with van der Waals surface area (Å²) < 4.78 is 0. The minimum absolute atomic E-state index is 0.283. The van der Waals surface area contributed by atoms with Crippen LogP contribution in [0.3, 0.4) is 0 Å². The van der Waals surface area contributed by atoms with Gasteiger partial charge in [-0.3, -0.25) is 0 Å². The van der Waals surface area contributed by atoms with Crippen molar-refractivity contribution in [1.29, 1.82) is 0 Å². The van der Waals surface area contributed by atoms with Gasteiger partial charge in [-0.1, -0.05) is 33.1 Å². The van der Waals surface area contributed by atoms with Crippen LogP contribution in [0.25, 0.3) is 0 Å². The molecule has 2 atom stereocenters. The maximum absolute atomic E-state index is 9.54. The van der Waals surface area contributed by atoms with Crippen LogP contribution in [-0.2, 0) is 0 Å². The Kier molecular flexibility index (Phi) is 5.46. The lowest BCUT2D eigenvalue weighted by atomic mass is 9.97. The number of unbranched alkanes of at least 4 members (excludes halogenated alkanes) is 2.